The molecule has 6 nitrogen and oxygen atoms in total. The molecule has 8 heteroatoms. The van der Waals surface area contributed by atoms with Gasteiger partial charge in [-0.2, -0.15) is 0 Å². The molecule has 1 aromatic rings. The van der Waals surface area contributed by atoms with Crippen LogP contribution in [0.5, 0.6) is 0 Å². The first-order valence-electron chi connectivity index (χ1n) is 3.69. The molecule has 0 fully saturated rings. The lowest BCUT2D eigenvalue weighted by Gasteiger charge is -2.04. The molecule has 0 aliphatic heterocycles. The van der Waals surface area contributed by atoms with Gasteiger partial charge in [-0.15, -0.1) is 0 Å². The number of halogens is 1. The summed E-state index contributed by atoms with van der Waals surface area (Å²) in [6, 6.07) is 0. The molecule has 0 amide bonds. The number of nitrogens with two attached hydrogens (primary N) is 1. The van der Waals surface area contributed by atoms with Crippen LogP contribution in [0.4, 0.5) is 5.82 Å². The SMILES string of the molecule is NS(=O)(=O)CCNc1ncncc1I. The molecule has 1 rings (SSSR count). The van der Waals surface area contributed by atoms with E-state index in [0.29, 0.717) is 5.82 Å². The summed E-state index contributed by atoms with van der Waals surface area (Å²) in [5, 5.41) is 7.69. The van der Waals surface area contributed by atoms with Crippen LogP contribution in [-0.4, -0.2) is 30.7 Å². The van der Waals surface area contributed by atoms with Gasteiger partial charge in [0.25, 0.3) is 0 Å². The predicted molar refractivity (Wildman–Crippen MR) is 61.2 cm³/mol. The lowest BCUT2D eigenvalue weighted by molar-refractivity contribution is 0.598. The maximum atomic E-state index is 10.6. The highest BCUT2D eigenvalue weighted by Gasteiger charge is 2.03. The number of hydrogen-bond acceptors (Lipinski definition) is 5. The van der Waals surface area contributed by atoms with Gasteiger partial charge >= 0.3 is 0 Å². The molecule has 0 radical (unpaired) electrons. The highest BCUT2D eigenvalue weighted by molar-refractivity contribution is 14.1. The van der Waals surface area contributed by atoms with E-state index in [2.05, 4.69) is 37.9 Å². The molecular weight excluding hydrogens is 319 g/mol. The van der Waals surface area contributed by atoms with Crippen molar-refractivity contribution in [1.82, 2.24) is 9.97 Å². The van der Waals surface area contributed by atoms with Crippen LogP contribution in [0.3, 0.4) is 0 Å². The van der Waals surface area contributed by atoms with Crippen LogP contribution >= 0.6 is 22.6 Å². The van der Waals surface area contributed by atoms with E-state index in [-0.39, 0.29) is 12.3 Å². The minimum absolute atomic E-state index is 0.118. The summed E-state index contributed by atoms with van der Waals surface area (Å²) in [4.78, 5) is 7.73. The molecule has 78 valence electrons. The lowest BCUT2D eigenvalue weighted by Crippen LogP contribution is -2.22. The molecule has 14 heavy (non-hydrogen) atoms. The van der Waals surface area contributed by atoms with Gasteiger partial charge in [-0.05, 0) is 22.6 Å². The van der Waals surface area contributed by atoms with Crippen LogP contribution in [0.15, 0.2) is 12.5 Å². The third kappa shape index (κ3) is 4.15. The van der Waals surface area contributed by atoms with Gasteiger partial charge in [0, 0.05) is 12.7 Å². The second-order valence-corrected chi connectivity index (χ2v) is 5.41. The normalized spacial score (nSPS) is 11.3. The molecule has 0 saturated carbocycles. The summed E-state index contributed by atoms with van der Waals surface area (Å²) in [5.41, 5.74) is 0. The fourth-order valence-corrected chi connectivity index (χ4v) is 1.63. The van der Waals surface area contributed by atoms with Crippen molar-refractivity contribution < 1.29 is 8.42 Å². The molecule has 0 aromatic carbocycles. The minimum Gasteiger partial charge on any atom is -0.368 e. The molecule has 0 aliphatic carbocycles. The van der Waals surface area contributed by atoms with E-state index in [1.54, 1.807) is 6.20 Å². The number of anilines is 1. The maximum absolute atomic E-state index is 10.6. The second-order valence-electron chi connectivity index (χ2n) is 2.51. The Labute approximate surface area is 95.5 Å². The zero-order valence-corrected chi connectivity index (χ0v) is 10.1. The Bertz CT molecular complexity index is 408. The molecule has 0 atom stereocenters. The lowest BCUT2D eigenvalue weighted by atomic mass is 10.5. The number of nitrogens with one attached hydrogen (secondary N) is 1. The standard InChI is InChI=1S/C6H9IN4O2S/c7-5-3-9-4-11-6(5)10-1-2-14(8,12)13/h3-4H,1-2H2,(H2,8,12,13)(H,9,10,11). The number of sulfonamides is 1. The number of aromatic nitrogens is 2. The van der Waals surface area contributed by atoms with Crippen molar-refractivity contribution in [2.45, 2.75) is 0 Å². The zero-order valence-electron chi connectivity index (χ0n) is 7.14. The van der Waals surface area contributed by atoms with Crippen LogP contribution in [0, 0.1) is 3.57 Å². The summed E-state index contributed by atoms with van der Waals surface area (Å²) >= 11 is 2.05. The monoisotopic (exact) mass is 328 g/mol. The summed E-state index contributed by atoms with van der Waals surface area (Å²) in [7, 11) is -3.42. The minimum atomic E-state index is -3.42. The van der Waals surface area contributed by atoms with E-state index >= 15 is 0 Å². The van der Waals surface area contributed by atoms with E-state index in [1.807, 2.05) is 0 Å². The summed E-state index contributed by atoms with van der Waals surface area (Å²) in [6.07, 6.45) is 3.02. The molecule has 1 aromatic heterocycles. The maximum Gasteiger partial charge on any atom is 0.210 e. The smallest absolute Gasteiger partial charge is 0.210 e. The molecule has 0 aliphatic rings. The van der Waals surface area contributed by atoms with Crippen molar-refractivity contribution in [3.05, 3.63) is 16.1 Å². The molecule has 0 saturated heterocycles. The van der Waals surface area contributed by atoms with Crippen LogP contribution in [-0.2, 0) is 10.0 Å². The Balaban J connectivity index is 2.51. The Morgan fingerprint density at radius 3 is 2.86 bits per heavy atom. The molecule has 1 heterocycles. The van der Waals surface area contributed by atoms with Gasteiger partial charge < -0.3 is 5.32 Å². The molecule has 0 spiro atoms. The van der Waals surface area contributed by atoms with Gasteiger partial charge in [-0.1, -0.05) is 0 Å². The zero-order chi connectivity index (χ0) is 10.6. The van der Waals surface area contributed by atoms with Crippen LogP contribution in [0.25, 0.3) is 0 Å². The first kappa shape index (κ1) is 11.6. The van der Waals surface area contributed by atoms with Crippen LogP contribution < -0.4 is 10.5 Å². The van der Waals surface area contributed by atoms with Crippen molar-refractivity contribution in [2.24, 2.45) is 5.14 Å². The Morgan fingerprint density at radius 2 is 2.29 bits per heavy atom. The number of rotatable bonds is 4. The molecule has 3 N–H and O–H groups in total. The van der Waals surface area contributed by atoms with E-state index in [0.717, 1.165) is 3.57 Å². The fraction of sp³-hybridized carbons (Fsp3) is 0.333. The Kier molecular flexibility index (Phi) is 4.01. The van der Waals surface area contributed by atoms with Gasteiger partial charge in [0.2, 0.25) is 10.0 Å². The molecule has 0 bridgehead atoms. The first-order valence-corrected chi connectivity index (χ1v) is 6.48. The van der Waals surface area contributed by atoms with Gasteiger partial charge in [0.1, 0.15) is 12.1 Å². The quantitative estimate of drug-likeness (QED) is 0.745. The van der Waals surface area contributed by atoms with Crippen LogP contribution in [0.2, 0.25) is 0 Å². The molecule has 0 unspecified atom stereocenters. The van der Waals surface area contributed by atoms with E-state index in [9.17, 15) is 8.42 Å². The van der Waals surface area contributed by atoms with Crippen molar-refractivity contribution in [2.75, 3.05) is 17.6 Å². The van der Waals surface area contributed by atoms with Gasteiger partial charge in [-0.25, -0.2) is 23.5 Å². The van der Waals surface area contributed by atoms with E-state index in [1.165, 1.54) is 6.33 Å². The second kappa shape index (κ2) is 4.84. The summed E-state index contributed by atoms with van der Waals surface area (Å²) < 4.78 is 22.1. The van der Waals surface area contributed by atoms with Gasteiger partial charge in [0.05, 0.1) is 9.32 Å². The largest absolute Gasteiger partial charge is 0.368 e. The van der Waals surface area contributed by atoms with Crippen molar-refractivity contribution >= 4 is 38.4 Å². The highest BCUT2D eigenvalue weighted by Crippen LogP contribution is 2.11. The fourth-order valence-electron chi connectivity index (χ4n) is 0.754. The van der Waals surface area contributed by atoms with E-state index in [4.69, 9.17) is 5.14 Å². The average Bonchev–Trinajstić information content (AvgIpc) is 2.06. The summed E-state index contributed by atoms with van der Waals surface area (Å²) in [6.45, 7) is 0.242. The highest BCUT2D eigenvalue weighted by atomic mass is 127. The molecular formula is C6H9IN4O2S. The third-order valence-corrected chi connectivity index (χ3v) is 2.91. The van der Waals surface area contributed by atoms with Crippen molar-refractivity contribution in [1.29, 1.82) is 0 Å². The van der Waals surface area contributed by atoms with Crippen LogP contribution in [0.1, 0.15) is 0 Å². The topological polar surface area (TPSA) is 98.0 Å². The van der Waals surface area contributed by atoms with Crippen molar-refractivity contribution in [3.8, 4) is 0 Å². The number of hydrogen-bond donors (Lipinski definition) is 2. The average molecular weight is 328 g/mol. The first-order chi connectivity index (χ1) is 6.49. The van der Waals surface area contributed by atoms with E-state index < -0.39 is 10.0 Å². The van der Waals surface area contributed by atoms with Gasteiger partial charge in [0.15, 0.2) is 0 Å². The Morgan fingerprint density at radius 1 is 1.57 bits per heavy atom. The predicted octanol–water partition coefficient (Wildman–Crippen LogP) is -0.218. The number of nitrogens with zero attached hydrogens (tertiary/aromatic N) is 2. The third-order valence-electron chi connectivity index (χ3n) is 1.35. The number of primary sulfonamides is 1. The Hall–Kier alpha value is -0.480. The summed E-state index contributed by atoms with van der Waals surface area (Å²) in [5.74, 6) is 0.497. The van der Waals surface area contributed by atoms with Crippen molar-refractivity contribution in [3.63, 3.8) is 0 Å². The van der Waals surface area contributed by atoms with Gasteiger partial charge in [-0.3, -0.25) is 0 Å².